The minimum absolute atomic E-state index is 0.811. The summed E-state index contributed by atoms with van der Waals surface area (Å²) >= 11 is 0. The number of aromatic nitrogens is 4. The van der Waals surface area contributed by atoms with Crippen LogP contribution in [-0.4, -0.2) is 19.1 Å². The molecule has 0 aliphatic heterocycles. The van der Waals surface area contributed by atoms with Crippen LogP contribution in [0.4, 0.5) is 34.1 Å². The van der Waals surface area contributed by atoms with Crippen LogP contribution in [0.25, 0.3) is 111 Å². The van der Waals surface area contributed by atoms with Crippen LogP contribution in [0.3, 0.4) is 0 Å². The van der Waals surface area contributed by atoms with E-state index < -0.39 is 0 Å². The smallest absolute Gasteiger partial charge is 0.0973 e. The molecule has 86 heavy (non-hydrogen) atoms. The Balaban J connectivity index is 0.768. The first kappa shape index (κ1) is 50.2. The molecule has 0 saturated heterocycles. The number of anilines is 6. The standard InChI is InChI=1S/C80H54N6/c1-3-17-55(18-4-1)57-31-39-61(40-32-57)83(65-47-51-67(52-48-65)85-75-27-13-7-21-69(75)70-22-8-14-28-76(70)85)63-43-35-59(36-44-63)79-80(82-74-26-12-11-25-73(74)81-79)60-37-45-64(46-38-60)84(62-41-33-58(34-42-62)56-19-5-2-6-20-56)66-49-53-68(54-50-66)86-77-29-15-9-23-71(77)72-24-10-16-30-78(72)86/h1-54H. The first-order chi connectivity index (χ1) is 42.6. The zero-order valence-electron chi connectivity index (χ0n) is 46.9. The Kier molecular flexibility index (Phi) is 12.4. The highest BCUT2D eigenvalue weighted by atomic mass is 15.1. The first-order valence-electron chi connectivity index (χ1n) is 29.2. The van der Waals surface area contributed by atoms with Gasteiger partial charge in [0.05, 0.1) is 44.5 Å². The van der Waals surface area contributed by atoms with Gasteiger partial charge in [-0.25, -0.2) is 9.97 Å². The number of hydrogen-bond acceptors (Lipinski definition) is 4. The van der Waals surface area contributed by atoms with Crippen molar-refractivity contribution in [2.24, 2.45) is 0 Å². The molecule has 6 nitrogen and oxygen atoms in total. The van der Waals surface area contributed by atoms with Crippen molar-refractivity contribution in [2.45, 2.75) is 0 Å². The zero-order valence-corrected chi connectivity index (χ0v) is 46.9. The topological polar surface area (TPSA) is 42.1 Å². The normalized spacial score (nSPS) is 11.5. The largest absolute Gasteiger partial charge is 0.311 e. The molecule has 0 spiro atoms. The SMILES string of the molecule is c1ccc(-c2ccc(N(c3ccc(-c4nc5ccccc5nc4-c4ccc(N(c5ccc(-c6ccccc6)cc5)c5ccc(-n6c7ccccc7c7ccccc76)cc5)cc4)cc3)c3ccc(-n4c5ccccc5c5ccccc54)cc3)cc2)cc1. The van der Waals surface area contributed by atoms with Crippen molar-refractivity contribution in [1.29, 1.82) is 0 Å². The van der Waals surface area contributed by atoms with Gasteiger partial charge < -0.3 is 18.9 Å². The molecule has 3 heterocycles. The summed E-state index contributed by atoms with van der Waals surface area (Å²) in [6, 6.07) is 117. The average molecular weight is 1100 g/mol. The molecule has 16 aromatic rings. The van der Waals surface area contributed by atoms with Crippen LogP contribution in [0.2, 0.25) is 0 Å². The second-order valence-corrected chi connectivity index (χ2v) is 21.8. The van der Waals surface area contributed by atoms with E-state index in [9.17, 15) is 0 Å². The van der Waals surface area contributed by atoms with Crippen LogP contribution in [0.1, 0.15) is 0 Å². The molecule has 0 amide bonds. The maximum atomic E-state index is 5.39. The zero-order chi connectivity index (χ0) is 56.9. The Morgan fingerprint density at radius 2 is 0.430 bits per heavy atom. The molecule has 0 aliphatic carbocycles. The molecule has 13 aromatic carbocycles. The van der Waals surface area contributed by atoms with Crippen molar-refractivity contribution in [3.05, 3.63) is 328 Å². The van der Waals surface area contributed by atoms with E-state index in [1.54, 1.807) is 0 Å². The predicted molar refractivity (Wildman–Crippen MR) is 359 cm³/mol. The Morgan fingerprint density at radius 1 is 0.198 bits per heavy atom. The molecule has 0 unspecified atom stereocenters. The van der Waals surface area contributed by atoms with E-state index in [-0.39, 0.29) is 0 Å². The van der Waals surface area contributed by atoms with Crippen molar-refractivity contribution < 1.29 is 0 Å². The molecule has 6 heteroatoms. The van der Waals surface area contributed by atoms with Gasteiger partial charge in [-0.05, 0) is 156 Å². The van der Waals surface area contributed by atoms with E-state index in [4.69, 9.17) is 9.97 Å². The van der Waals surface area contributed by atoms with Crippen molar-refractivity contribution in [2.75, 3.05) is 9.80 Å². The van der Waals surface area contributed by atoms with Gasteiger partial charge >= 0.3 is 0 Å². The van der Waals surface area contributed by atoms with Gasteiger partial charge in [0.15, 0.2) is 0 Å². The average Bonchev–Trinajstić information content (AvgIpc) is 3.45. The summed E-state index contributed by atoms with van der Waals surface area (Å²) in [7, 11) is 0. The lowest BCUT2D eigenvalue weighted by Crippen LogP contribution is -2.10. The second kappa shape index (κ2) is 21.3. The third-order valence-corrected chi connectivity index (χ3v) is 16.7. The third-order valence-electron chi connectivity index (χ3n) is 16.7. The van der Waals surface area contributed by atoms with Crippen molar-refractivity contribution in [3.63, 3.8) is 0 Å². The Morgan fingerprint density at radius 3 is 0.733 bits per heavy atom. The maximum Gasteiger partial charge on any atom is 0.0973 e. The summed E-state index contributed by atoms with van der Waals surface area (Å²) in [6.45, 7) is 0. The highest BCUT2D eigenvalue weighted by molar-refractivity contribution is 6.10. The van der Waals surface area contributed by atoms with E-state index in [1.807, 2.05) is 24.3 Å². The van der Waals surface area contributed by atoms with Gasteiger partial charge in [0.1, 0.15) is 0 Å². The molecule has 0 atom stereocenters. The third kappa shape index (κ3) is 8.92. The Bertz CT molecular complexity index is 4680. The van der Waals surface area contributed by atoms with Crippen molar-refractivity contribution in [3.8, 4) is 56.1 Å². The molecule has 404 valence electrons. The summed E-state index contributed by atoms with van der Waals surface area (Å²) in [4.78, 5) is 15.4. The van der Waals surface area contributed by atoms with Crippen LogP contribution in [-0.2, 0) is 0 Å². The number of rotatable bonds is 12. The lowest BCUT2D eigenvalue weighted by molar-refractivity contribution is 1.17. The fourth-order valence-electron chi connectivity index (χ4n) is 12.6. The van der Waals surface area contributed by atoms with E-state index in [1.165, 1.54) is 54.7 Å². The summed E-state index contributed by atoms with van der Waals surface area (Å²) in [5.41, 5.74) is 23.1. The molecule has 16 rings (SSSR count). The molecule has 0 N–H and O–H groups in total. The fourth-order valence-corrected chi connectivity index (χ4v) is 12.6. The molecule has 3 aromatic heterocycles. The van der Waals surface area contributed by atoms with Crippen LogP contribution in [0, 0.1) is 0 Å². The lowest BCUT2D eigenvalue weighted by atomic mass is 10.0. The number of fused-ring (bicyclic) bond motifs is 7. The van der Waals surface area contributed by atoms with Gasteiger partial charge in [-0.1, -0.05) is 194 Å². The van der Waals surface area contributed by atoms with Crippen molar-refractivity contribution in [1.82, 2.24) is 19.1 Å². The fraction of sp³-hybridized carbons (Fsp3) is 0. The van der Waals surface area contributed by atoms with Crippen LogP contribution >= 0.6 is 0 Å². The van der Waals surface area contributed by atoms with Crippen LogP contribution < -0.4 is 9.80 Å². The second-order valence-electron chi connectivity index (χ2n) is 21.8. The highest BCUT2D eigenvalue weighted by Gasteiger charge is 2.21. The van der Waals surface area contributed by atoms with Gasteiger partial charge in [0.25, 0.3) is 0 Å². The number of para-hydroxylation sites is 6. The first-order valence-corrected chi connectivity index (χ1v) is 29.2. The van der Waals surface area contributed by atoms with E-state index in [0.717, 1.165) is 90.2 Å². The minimum Gasteiger partial charge on any atom is -0.311 e. The molecular formula is C80H54N6. The molecule has 0 aliphatic rings. The summed E-state index contributed by atoms with van der Waals surface area (Å²) in [5, 5.41) is 4.96. The monoisotopic (exact) mass is 1100 g/mol. The van der Waals surface area contributed by atoms with Crippen molar-refractivity contribution >= 4 is 88.8 Å². The van der Waals surface area contributed by atoms with Gasteiger partial charge in [-0.15, -0.1) is 0 Å². The quantitative estimate of drug-likeness (QED) is 0.122. The molecule has 0 fully saturated rings. The Hall–Kier alpha value is -11.6. The van der Waals surface area contributed by atoms with Gasteiger partial charge in [-0.2, -0.15) is 0 Å². The minimum atomic E-state index is 0.811. The van der Waals surface area contributed by atoms with E-state index in [2.05, 4.69) is 322 Å². The van der Waals surface area contributed by atoms with E-state index in [0.29, 0.717) is 0 Å². The number of nitrogens with zero attached hydrogens (tertiary/aromatic N) is 6. The van der Waals surface area contributed by atoms with E-state index >= 15 is 0 Å². The van der Waals surface area contributed by atoms with Crippen LogP contribution in [0.5, 0.6) is 0 Å². The molecule has 0 bridgehead atoms. The summed E-state index contributed by atoms with van der Waals surface area (Å²) in [5.74, 6) is 0. The van der Waals surface area contributed by atoms with Crippen LogP contribution in [0.15, 0.2) is 328 Å². The Labute approximate surface area is 498 Å². The number of benzene rings is 13. The highest BCUT2D eigenvalue weighted by Crippen LogP contribution is 2.43. The predicted octanol–water partition coefficient (Wildman–Crippen LogP) is 21.4. The summed E-state index contributed by atoms with van der Waals surface area (Å²) in [6.07, 6.45) is 0. The summed E-state index contributed by atoms with van der Waals surface area (Å²) < 4.78 is 4.73. The molecule has 0 radical (unpaired) electrons. The maximum absolute atomic E-state index is 5.39. The van der Waals surface area contributed by atoms with Gasteiger partial charge in [0, 0.05) is 78.2 Å². The molecular weight excluding hydrogens is 1040 g/mol. The number of hydrogen-bond donors (Lipinski definition) is 0. The molecule has 0 saturated carbocycles. The van der Waals surface area contributed by atoms with Gasteiger partial charge in [0.2, 0.25) is 0 Å². The lowest BCUT2D eigenvalue weighted by Gasteiger charge is -2.26. The van der Waals surface area contributed by atoms with Gasteiger partial charge in [-0.3, -0.25) is 0 Å².